The molecular weight excluding hydrogens is 356 g/mol. The van der Waals surface area contributed by atoms with Crippen molar-refractivity contribution < 1.29 is 13.2 Å². The minimum absolute atomic E-state index is 0.0483. The first kappa shape index (κ1) is 20.3. The molecule has 1 aliphatic rings. The molecule has 1 unspecified atom stereocenters. The van der Waals surface area contributed by atoms with Crippen LogP contribution in [0.2, 0.25) is 0 Å². The molecule has 1 aliphatic heterocycles. The molecule has 0 aromatic heterocycles. The van der Waals surface area contributed by atoms with Crippen molar-refractivity contribution in [3.8, 4) is 0 Å². The standard InChI is InChI=1S/C18H28N2O3S2/c1-3-13-25(22,23)19-17-9-11-20(12-10-17)18(21)15(2)24-14-16-7-5-4-6-8-16/h4-8,15,17,19H,3,9-14H2,1-2H3. The Labute approximate surface area is 155 Å². The van der Waals surface area contributed by atoms with Gasteiger partial charge in [0.1, 0.15) is 0 Å². The molecule has 2 rings (SSSR count). The van der Waals surface area contributed by atoms with E-state index in [9.17, 15) is 13.2 Å². The van der Waals surface area contributed by atoms with Gasteiger partial charge in [-0.3, -0.25) is 4.79 Å². The predicted molar refractivity (Wildman–Crippen MR) is 104 cm³/mol. The van der Waals surface area contributed by atoms with E-state index in [2.05, 4.69) is 16.9 Å². The Balaban J connectivity index is 1.76. The van der Waals surface area contributed by atoms with Gasteiger partial charge < -0.3 is 4.90 Å². The molecule has 0 aliphatic carbocycles. The molecular formula is C18H28N2O3S2. The molecule has 0 radical (unpaired) electrons. The van der Waals surface area contributed by atoms with Gasteiger partial charge in [-0.25, -0.2) is 13.1 Å². The van der Waals surface area contributed by atoms with E-state index in [1.54, 1.807) is 11.8 Å². The molecule has 7 heteroatoms. The largest absolute Gasteiger partial charge is 0.342 e. The van der Waals surface area contributed by atoms with Crippen LogP contribution in [0, 0.1) is 0 Å². The van der Waals surface area contributed by atoms with E-state index in [0.29, 0.717) is 32.4 Å². The van der Waals surface area contributed by atoms with Gasteiger partial charge in [0.05, 0.1) is 11.0 Å². The number of hydrogen-bond acceptors (Lipinski definition) is 4. The topological polar surface area (TPSA) is 66.5 Å². The van der Waals surface area contributed by atoms with Gasteiger partial charge in [-0.2, -0.15) is 0 Å². The van der Waals surface area contributed by atoms with Crippen LogP contribution in [0.1, 0.15) is 38.7 Å². The van der Waals surface area contributed by atoms with Crippen LogP contribution in [0.4, 0.5) is 0 Å². The van der Waals surface area contributed by atoms with Crippen molar-refractivity contribution in [1.29, 1.82) is 0 Å². The summed E-state index contributed by atoms with van der Waals surface area (Å²) in [6, 6.07) is 10.1. The number of piperidine rings is 1. The van der Waals surface area contributed by atoms with Gasteiger partial charge in [0.25, 0.3) is 0 Å². The maximum Gasteiger partial charge on any atom is 0.235 e. The number of amides is 1. The van der Waals surface area contributed by atoms with Crippen molar-refractivity contribution in [3.05, 3.63) is 35.9 Å². The second-order valence-corrected chi connectivity index (χ2v) is 9.68. The number of carbonyl (C=O) groups is 1. The van der Waals surface area contributed by atoms with Gasteiger partial charge in [0.2, 0.25) is 15.9 Å². The lowest BCUT2D eigenvalue weighted by Crippen LogP contribution is -2.48. The first-order valence-electron chi connectivity index (χ1n) is 8.85. The quantitative estimate of drug-likeness (QED) is 0.748. The van der Waals surface area contributed by atoms with E-state index in [0.717, 1.165) is 5.75 Å². The Bertz CT molecular complexity index is 642. The molecule has 1 amide bonds. The summed E-state index contributed by atoms with van der Waals surface area (Å²) in [5.41, 5.74) is 1.22. The number of thioether (sulfide) groups is 1. The lowest BCUT2D eigenvalue weighted by molar-refractivity contribution is -0.131. The molecule has 140 valence electrons. The van der Waals surface area contributed by atoms with E-state index >= 15 is 0 Å². The normalized spacial score (nSPS) is 17.4. The van der Waals surface area contributed by atoms with Crippen LogP contribution in [0.25, 0.3) is 0 Å². The van der Waals surface area contributed by atoms with Crippen LogP contribution < -0.4 is 4.72 Å². The van der Waals surface area contributed by atoms with E-state index in [1.807, 2.05) is 36.9 Å². The van der Waals surface area contributed by atoms with E-state index < -0.39 is 10.0 Å². The lowest BCUT2D eigenvalue weighted by Gasteiger charge is -2.33. The van der Waals surface area contributed by atoms with Gasteiger partial charge >= 0.3 is 0 Å². The summed E-state index contributed by atoms with van der Waals surface area (Å²) < 4.78 is 26.5. The van der Waals surface area contributed by atoms with E-state index in [1.165, 1.54) is 5.56 Å². The van der Waals surface area contributed by atoms with Crippen molar-refractivity contribution in [2.45, 2.75) is 50.2 Å². The fourth-order valence-corrected chi connectivity index (χ4v) is 5.25. The van der Waals surface area contributed by atoms with Gasteiger partial charge in [0.15, 0.2) is 0 Å². The van der Waals surface area contributed by atoms with Crippen LogP contribution in [0.5, 0.6) is 0 Å². The summed E-state index contributed by atoms with van der Waals surface area (Å²) in [6.45, 7) is 5.05. The number of benzene rings is 1. The van der Waals surface area contributed by atoms with Crippen LogP contribution in [-0.2, 0) is 20.6 Å². The van der Waals surface area contributed by atoms with E-state index in [4.69, 9.17) is 0 Å². The maximum absolute atomic E-state index is 12.6. The Kier molecular flexibility index (Phi) is 7.78. The highest BCUT2D eigenvalue weighted by molar-refractivity contribution is 7.99. The van der Waals surface area contributed by atoms with Gasteiger partial charge in [0, 0.05) is 24.9 Å². The molecule has 0 saturated carbocycles. The molecule has 1 heterocycles. The number of nitrogens with zero attached hydrogens (tertiary/aromatic N) is 1. The molecule has 1 aromatic rings. The first-order chi connectivity index (χ1) is 11.9. The zero-order valence-electron chi connectivity index (χ0n) is 15.0. The summed E-state index contributed by atoms with van der Waals surface area (Å²) in [7, 11) is -3.18. The lowest BCUT2D eigenvalue weighted by atomic mass is 10.1. The number of likely N-dealkylation sites (tertiary alicyclic amines) is 1. The molecule has 1 N–H and O–H groups in total. The zero-order valence-corrected chi connectivity index (χ0v) is 16.6. The predicted octanol–water partition coefficient (Wildman–Crippen LogP) is 2.63. The fourth-order valence-electron chi connectivity index (χ4n) is 2.92. The summed E-state index contributed by atoms with van der Waals surface area (Å²) >= 11 is 1.65. The van der Waals surface area contributed by atoms with Crippen LogP contribution in [0.15, 0.2) is 30.3 Å². The summed E-state index contributed by atoms with van der Waals surface area (Å²) in [5.74, 6) is 1.14. The third kappa shape index (κ3) is 6.64. The second kappa shape index (κ2) is 9.59. The summed E-state index contributed by atoms with van der Waals surface area (Å²) in [4.78, 5) is 14.4. The average Bonchev–Trinajstić information content (AvgIpc) is 2.60. The molecule has 1 saturated heterocycles. The van der Waals surface area contributed by atoms with Crippen LogP contribution in [-0.4, -0.2) is 49.4 Å². The molecule has 25 heavy (non-hydrogen) atoms. The Hall–Kier alpha value is -1.05. The highest BCUT2D eigenvalue weighted by Crippen LogP contribution is 2.21. The van der Waals surface area contributed by atoms with Crippen LogP contribution >= 0.6 is 11.8 Å². The molecule has 1 atom stereocenters. The van der Waals surface area contributed by atoms with Crippen molar-refractivity contribution in [2.24, 2.45) is 0 Å². The molecule has 0 bridgehead atoms. The maximum atomic E-state index is 12.6. The number of carbonyl (C=O) groups excluding carboxylic acids is 1. The van der Waals surface area contributed by atoms with Gasteiger partial charge in [-0.15, -0.1) is 11.8 Å². The highest BCUT2D eigenvalue weighted by atomic mass is 32.2. The third-order valence-electron chi connectivity index (χ3n) is 4.32. The fraction of sp³-hybridized carbons (Fsp3) is 0.611. The average molecular weight is 385 g/mol. The SMILES string of the molecule is CCCS(=O)(=O)NC1CCN(C(=O)C(C)SCc2ccccc2)CC1. The second-order valence-electron chi connectivity index (χ2n) is 6.48. The Morgan fingerprint density at radius 1 is 1.28 bits per heavy atom. The molecule has 1 fully saturated rings. The number of sulfonamides is 1. The first-order valence-corrected chi connectivity index (χ1v) is 11.6. The monoisotopic (exact) mass is 384 g/mol. The molecule has 0 spiro atoms. The zero-order chi connectivity index (χ0) is 18.3. The highest BCUT2D eigenvalue weighted by Gasteiger charge is 2.28. The minimum atomic E-state index is -3.18. The van der Waals surface area contributed by atoms with Crippen molar-refractivity contribution in [1.82, 2.24) is 9.62 Å². The third-order valence-corrected chi connectivity index (χ3v) is 7.16. The van der Waals surface area contributed by atoms with Crippen molar-refractivity contribution >= 4 is 27.7 Å². The summed E-state index contributed by atoms with van der Waals surface area (Å²) in [5, 5.41) is -0.0893. The summed E-state index contributed by atoms with van der Waals surface area (Å²) in [6.07, 6.45) is 1.98. The number of rotatable bonds is 8. The smallest absolute Gasteiger partial charge is 0.235 e. The Morgan fingerprint density at radius 3 is 2.52 bits per heavy atom. The molecule has 1 aromatic carbocycles. The van der Waals surface area contributed by atoms with Gasteiger partial charge in [-0.1, -0.05) is 37.3 Å². The van der Waals surface area contributed by atoms with Crippen molar-refractivity contribution in [2.75, 3.05) is 18.8 Å². The molecule has 5 nitrogen and oxygen atoms in total. The number of hydrogen-bond donors (Lipinski definition) is 1. The van der Waals surface area contributed by atoms with Crippen LogP contribution in [0.3, 0.4) is 0 Å². The number of nitrogens with one attached hydrogen (secondary N) is 1. The minimum Gasteiger partial charge on any atom is -0.342 e. The van der Waals surface area contributed by atoms with Crippen molar-refractivity contribution in [3.63, 3.8) is 0 Å². The van der Waals surface area contributed by atoms with Gasteiger partial charge in [-0.05, 0) is 31.7 Å². The Morgan fingerprint density at radius 2 is 1.92 bits per heavy atom. The van der Waals surface area contributed by atoms with E-state index in [-0.39, 0.29) is 23.0 Å².